The summed E-state index contributed by atoms with van der Waals surface area (Å²) in [5.41, 5.74) is 8.79. The second-order valence-corrected chi connectivity index (χ2v) is 6.49. The first-order valence-electron chi connectivity index (χ1n) is 7.26. The zero-order valence-electron chi connectivity index (χ0n) is 11.9. The largest absolute Gasteiger partial charge is 0.399 e. The van der Waals surface area contributed by atoms with Gasteiger partial charge in [-0.05, 0) is 38.1 Å². The molecule has 2 N–H and O–H groups in total. The molecule has 1 aromatic carbocycles. The molecular formula is C16H21N3S. The predicted molar refractivity (Wildman–Crippen MR) is 86.1 cm³/mol. The molecule has 3 rings (SSSR count). The molecule has 1 fully saturated rings. The molecule has 2 aromatic rings. The lowest BCUT2D eigenvalue weighted by Crippen LogP contribution is -2.24. The van der Waals surface area contributed by atoms with Gasteiger partial charge in [0.25, 0.3) is 0 Å². The molecule has 106 valence electrons. The molecule has 1 aliphatic heterocycles. The number of benzene rings is 1. The number of nitrogen functional groups attached to an aromatic ring is 1. The maximum atomic E-state index is 5.84. The summed E-state index contributed by atoms with van der Waals surface area (Å²) in [7, 11) is 0. The Balaban J connectivity index is 1.72. The molecule has 1 saturated heterocycles. The fourth-order valence-corrected chi connectivity index (χ4v) is 3.65. The molecule has 0 bridgehead atoms. The summed E-state index contributed by atoms with van der Waals surface area (Å²) in [6.45, 7) is 5.90. The summed E-state index contributed by atoms with van der Waals surface area (Å²) in [5, 5.41) is 3.37. The highest BCUT2D eigenvalue weighted by Gasteiger charge is 2.18. The van der Waals surface area contributed by atoms with E-state index in [0.29, 0.717) is 5.92 Å². The van der Waals surface area contributed by atoms with E-state index in [2.05, 4.69) is 23.3 Å². The highest BCUT2D eigenvalue weighted by atomic mass is 32.1. The van der Waals surface area contributed by atoms with E-state index in [1.807, 2.05) is 18.2 Å². The Bertz CT molecular complexity index is 573. The van der Waals surface area contributed by atoms with E-state index in [1.165, 1.54) is 30.9 Å². The van der Waals surface area contributed by atoms with Gasteiger partial charge >= 0.3 is 0 Å². The number of likely N-dealkylation sites (tertiary alicyclic amines) is 1. The topological polar surface area (TPSA) is 42.2 Å². The molecule has 1 aromatic heterocycles. The van der Waals surface area contributed by atoms with Crippen LogP contribution in [0.25, 0.3) is 11.3 Å². The van der Waals surface area contributed by atoms with E-state index in [9.17, 15) is 0 Å². The first kappa shape index (κ1) is 13.6. The molecule has 1 atom stereocenters. The SMILES string of the molecule is CC(CN1CCCC1)c1nc(-c2cccc(N)c2)cs1. The smallest absolute Gasteiger partial charge is 0.0973 e. The van der Waals surface area contributed by atoms with Gasteiger partial charge < -0.3 is 10.6 Å². The number of anilines is 1. The number of hydrogen-bond acceptors (Lipinski definition) is 4. The molecule has 3 nitrogen and oxygen atoms in total. The van der Waals surface area contributed by atoms with E-state index in [4.69, 9.17) is 10.7 Å². The Kier molecular flexibility index (Phi) is 4.03. The number of aromatic nitrogens is 1. The molecule has 1 unspecified atom stereocenters. The number of nitrogens with zero attached hydrogens (tertiary/aromatic N) is 2. The molecule has 4 heteroatoms. The van der Waals surface area contributed by atoms with Crippen molar-refractivity contribution in [2.24, 2.45) is 0 Å². The van der Waals surface area contributed by atoms with Gasteiger partial charge in [-0.2, -0.15) is 0 Å². The first-order chi connectivity index (χ1) is 9.72. The van der Waals surface area contributed by atoms with E-state index >= 15 is 0 Å². The van der Waals surface area contributed by atoms with E-state index in [0.717, 1.165) is 23.5 Å². The van der Waals surface area contributed by atoms with Crippen molar-refractivity contribution >= 4 is 17.0 Å². The number of rotatable bonds is 4. The zero-order chi connectivity index (χ0) is 13.9. The van der Waals surface area contributed by atoms with Crippen LogP contribution in [0.4, 0.5) is 5.69 Å². The summed E-state index contributed by atoms with van der Waals surface area (Å²) in [6.07, 6.45) is 2.69. The number of nitrogens with two attached hydrogens (primary N) is 1. The maximum Gasteiger partial charge on any atom is 0.0973 e. The van der Waals surface area contributed by atoms with Crippen molar-refractivity contribution in [2.45, 2.75) is 25.7 Å². The predicted octanol–water partition coefficient (Wildman–Crippen LogP) is 3.59. The van der Waals surface area contributed by atoms with Crippen LogP contribution in [-0.4, -0.2) is 29.5 Å². The molecule has 0 amide bonds. The van der Waals surface area contributed by atoms with Crippen molar-refractivity contribution in [3.63, 3.8) is 0 Å². The lowest BCUT2D eigenvalue weighted by Gasteiger charge is -2.18. The van der Waals surface area contributed by atoms with Crippen molar-refractivity contribution in [3.8, 4) is 11.3 Å². The van der Waals surface area contributed by atoms with Gasteiger partial charge in [-0.15, -0.1) is 11.3 Å². The summed E-state index contributed by atoms with van der Waals surface area (Å²) < 4.78 is 0. The molecule has 1 aliphatic rings. The summed E-state index contributed by atoms with van der Waals surface area (Å²) in [4.78, 5) is 7.35. The van der Waals surface area contributed by atoms with Crippen LogP contribution >= 0.6 is 11.3 Å². The van der Waals surface area contributed by atoms with Crippen LogP contribution in [-0.2, 0) is 0 Å². The minimum Gasteiger partial charge on any atom is -0.399 e. The van der Waals surface area contributed by atoms with E-state index in [1.54, 1.807) is 11.3 Å². The molecule has 0 radical (unpaired) electrons. The lowest BCUT2D eigenvalue weighted by atomic mass is 10.1. The van der Waals surface area contributed by atoms with Crippen LogP contribution in [0.1, 0.15) is 30.7 Å². The normalized spacial score (nSPS) is 17.4. The fourth-order valence-electron chi connectivity index (χ4n) is 2.78. The van der Waals surface area contributed by atoms with Crippen LogP contribution in [0.5, 0.6) is 0 Å². The first-order valence-corrected chi connectivity index (χ1v) is 8.14. The van der Waals surface area contributed by atoms with E-state index < -0.39 is 0 Å². The Hall–Kier alpha value is -1.39. The van der Waals surface area contributed by atoms with Crippen molar-refractivity contribution in [1.82, 2.24) is 9.88 Å². The van der Waals surface area contributed by atoms with E-state index in [-0.39, 0.29) is 0 Å². The molecular weight excluding hydrogens is 266 g/mol. The average molecular weight is 287 g/mol. The molecule has 0 spiro atoms. The maximum absolute atomic E-state index is 5.84. The standard InChI is InChI=1S/C16H21N3S/c1-12(10-19-7-2-3-8-19)16-18-15(11-20-16)13-5-4-6-14(17)9-13/h4-6,9,11-12H,2-3,7-8,10,17H2,1H3. The third-order valence-corrected chi connectivity index (χ3v) is 4.93. The van der Waals surface area contributed by atoms with Gasteiger partial charge in [0.15, 0.2) is 0 Å². The van der Waals surface area contributed by atoms with Gasteiger partial charge in [-0.25, -0.2) is 4.98 Å². The Morgan fingerprint density at radius 1 is 1.35 bits per heavy atom. The van der Waals surface area contributed by atoms with Gasteiger partial charge in [0.1, 0.15) is 0 Å². The lowest BCUT2D eigenvalue weighted by molar-refractivity contribution is 0.320. The van der Waals surface area contributed by atoms with Crippen LogP contribution in [0.3, 0.4) is 0 Å². The fraction of sp³-hybridized carbons (Fsp3) is 0.438. The Labute approximate surface area is 124 Å². The van der Waals surface area contributed by atoms with Gasteiger partial charge in [0.2, 0.25) is 0 Å². The Morgan fingerprint density at radius 2 is 2.15 bits per heavy atom. The summed E-state index contributed by atoms with van der Waals surface area (Å²) in [6, 6.07) is 7.95. The van der Waals surface area contributed by atoms with Gasteiger partial charge in [0.05, 0.1) is 10.7 Å². The number of thiazole rings is 1. The van der Waals surface area contributed by atoms with Crippen LogP contribution in [0.2, 0.25) is 0 Å². The molecule has 0 aliphatic carbocycles. The zero-order valence-corrected chi connectivity index (χ0v) is 12.7. The van der Waals surface area contributed by atoms with Crippen molar-refractivity contribution in [1.29, 1.82) is 0 Å². The third kappa shape index (κ3) is 3.02. The van der Waals surface area contributed by atoms with Crippen molar-refractivity contribution < 1.29 is 0 Å². The average Bonchev–Trinajstić information content (AvgIpc) is 3.09. The monoisotopic (exact) mass is 287 g/mol. The second-order valence-electron chi connectivity index (χ2n) is 5.61. The molecule has 2 heterocycles. The third-order valence-electron chi connectivity index (χ3n) is 3.86. The highest BCUT2D eigenvalue weighted by molar-refractivity contribution is 7.10. The number of hydrogen-bond donors (Lipinski definition) is 1. The molecule has 0 saturated carbocycles. The second kappa shape index (κ2) is 5.94. The highest BCUT2D eigenvalue weighted by Crippen LogP contribution is 2.28. The van der Waals surface area contributed by atoms with Crippen LogP contribution in [0, 0.1) is 0 Å². The summed E-state index contributed by atoms with van der Waals surface area (Å²) in [5.74, 6) is 0.507. The van der Waals surface area contributed by atoms with Gasteiger partial charge in [-0.1, -0.05) is 19.1 Å². The minimum absolute atomic E-state index is 0.507. The van der Waals surface area contributed by atoms with Crippen molar-refractivity contribution in [2.75, 3.05) is 25.4 Å². The quantitative estimate of drug-likeness (QED) is 0.874. The van der Waals surface area contributed by atoms with Crippen molar-refractivity contribution in [3.05, 3.63) is 34.7 Å². The Morgan fingerprint density at radius 3 is 2.90 bits per heavy atom. The molecule has 20 heavy (non-hydrogen) atoms. The van der Waals surface area contributed by atoms with Crippen LogP contribution < -0.4 is 5.73 Å². The minimum atomic E-state index is 0.507. The summed E-state index contributed by atoms with van der Waals surface area (Å²) >= 11 is 1.76. The van der Waals surface area contributed by atoms with Crippen LogP contribution in [0.15, 0.2) is 29.6 Å². The van der Waals surface area contributed by atoms with Gasteiger partial charge in [0, 0.05) is 29.1 Å². The van der Waals surface area contributed by atoms with Gasteiger partial charge in [-0.3, -0.25) is 0 Å².